The number of halogens is 1. The number of hydrogen-bond donors (Lipinski definition) is 2. The Balaban J connectivity index is 1.52. The molecular formula is C27H26FN5O6S2. The Morgan fingerprint density at radius 2 is 1.54 bits per heavy atom. The van der Waals surface area contributed by atoms with Crippen LogP contribution in [0, 0.1) is 12.7 Å². The van der Waals surface area contributed by atoms with Crippen LogP contribution in [0.1, 0.15) is 12.6 Å². The molecule has 0 aliphatic rings. The van der Waals surface area contributed by atoms with E-state index in [9.17, 15) is 26.0 Å². The van der Waals surface area contributed by atoms with Crippen LogP contribution in [-0.4, -0.2) is 45.9 Å². The van der Waals surface area contributed by atoms with Crippen molar-refractivity contribution in [3.63, 3.8) is 0 Å². The number of nitrogens with zero attached hydrogens (tertiary/aromatic N) is 3. The Morgan fingerprint density at radius 1 is 0.902 bits per heavy atom. The maximum absolute atomic E-state index is 13.6. The van der Waals surface area contributed by atoms with Crippen LogP contribution in [0.5, 0.6) is 5.75 Å². The molecule has 0 aliphatic heterocycles. The first-order valence-electron chi connectivity index (χ1n) is 12.2. The van der Waals surface area contributed by atoms with Crippen molar-refractivity contribution in [3.05, 3.63) is 96.6 Å². The highest BCUT2D eigenvalue weighted by atomic mass is 32.2. The topological polar surface area (TPSA) is 148 Å². The maximum atomic E-state index is 13.6. The number of hydrogen-bond acceptors (Lipinski definition) is 8. The summed E-state index contributed by atoms with van der Waals surface area (Å²) in [5.41, 5.74) is 0.870. The number of ether oxygens (including phenoxy) is 1. The third-order valence-electron chi connectivity index (χ3n) is 5.59. The van der Waals surface area contributed by atoms with Gasteiger partial charge >= 0.3 is 0 Å². The number of nitrogens with one attached hydrogen (secondary N) is 2. The van der Waals surface area contributed by atoms with Crippen LogP contribution in [0.25, 0.3) is 0 Å². The summed E-state index contributed by atoms with van der Waals surface area (Å²) in [6.07, 6.45) is 1.42. The number of amides is 1. The van der Waals surface area contributed by atoms with Crippen LogP contribution in [-0.2, 0) is 24.8 Å². The second kappa shape index (κ2) is 12.3. The van der Waals surface area contributed by atoms with Crippen molar-refractivity contribution in [2.75, 3.05) is 27.5 Å². The fourth-order valence-corrected chi connectivity index (χ4v) is 6.02. The number of aryl methyl sites for hydroxylation is 1. The number of aromatic nitrogens is 2. The highest BCUT2D eigenvalue weighted by Crippen LogP contribution is 2.26. The molecule has 0 unspecified atom stereocenters. The maximum Gasteiger partial charge on any atom is 0.264 e. The third-order valence-corrected chi connectivity index (χ3v) is 8.73. The molecular weight excluding hydrogens is 573 g/mol. The lowest BCUT2D eigenvalue weighted by atomic mass is 10.3. The van der Waals surface area contributed by atoms with Crippen LogP contribution in [0.2, 0.25) is 0 Å². The van der Waals surface area contributed by atoms with Gasteiger partial charge in [0, 0.05) is 17.6 Å². The van der Waals surface area contributed by atoms with Gasteiger partial charge in [-0.25, -0.2) is 35.9 Å². The average Bonchev–Trinajstić information content (AvgIpc) is 2.93. The lowest BCUT2D eigenvalue weighted by Gasteiger charge is -2.24. The van der Waals surface area contributed by atoms with E-state index in [0.717, 1.165) is 16.4 Å². The van der Waals surface area contributed by atoms with Crippen molar-refractivity contribution in [1.29, 1.82) is 0 Å². The van der Waals surface area contributed by atoms with Gasteiger partial charge < -0.3 is 10.1 Å². The van der Waals surface area contributed by atoms with E-state index in [0.29, 0.717) is 18.1 Å². The van der Waals surface area contributed by atoms with Gasteiger partial charge in [-0.15, -0.1) is 0 Å². The van der Waals surface area contributed by atoms with E-state index in [2.05, 4.69) is 20.0 Å². The highest BCUT2D eigenvalue weighted by Gasteiger charge is 2.27. The van der Waals surface area contributed by atoms with Gasteiger partial charge in [-0.2, -0.15) is 0 Å². The van der Waals surface area contributed by atoms with Crippen LogP contribution >= 0.6 is 0 Å². The minimum absolute atomic E-state index is 0.0707. The molecule has 0 aliphatic carbocycles. The largest absolute Gasteiger partial charge is 0.494 e. The number of sulfonamides is 2. The smallest absolute Gasteiger partial charge is 0.264 e. The van der Waals surface area contributed by atoms with E-state index in [-0.39, 0.29) is 27.1 Å². The van der Waals surface area contributed by atoms with Gasteiger partial charge in [-0.05, 0) is 92.7 Å². The van der Waals surface area contributed by atoms with E-state index in [1.165, 1.54) is 66.9 Å². The van der Waals surface area contributed by atoms with Gasteiger partial charge in [0.2, 0.25) is 11.9 Å². The van der Waals surface area contributed by atoms with Crippen LogP contribution in [0.4, 0.5) is 21.7 Å². The second-order valence-corrected chi connectivity index (χ2v) is 12.1. The number of anilines is 3. The Morgan fingerprint density at radius 3 is 2.15 bits per heavy atom. The summed E-state index contributed by atoms with van der Waals surface area (Å²) in [6.45, 7) is 3.24. The zero-order chi connectivity index (χ0) is 29.6. The Hall–Kier alpha value is -4.56. The quantitative estimate of drug-likeness (QED) is 0.263. The average molecular weight is 600 g/mol. The fraction of sp³-hybridized carbons (Fsp3) is 0.148. The summed E-state index contributed by atoms with van der Waals surface area (Å²) in [4.78, 5) is 20.7. The zero-order valence-electron chi connectivity index (χ0n) is 22.0. The number of benzene rings is 3. The highest BCUT2D eigenvalue weighted by molar-refractivity contribution is 7.93. The molecule has 1 heterocycles. The van der Waals surface area contributed by atoms with E-state index in [1.807, 2.05) is 0 Å². The van der Waals surface area contributed by atoms with Crippen LogP contribution in [0.3, 0.4) is 0 Å². The molecule has 2 N–H and O–H groups in total. The lowest BCUT2D eigenvalue weighted by molar-refractivity contribution is -0.114. The molecule has 14 heteroatoms. The first kappa shape index (κ1) is 29.4. The molecule has 214 valence electrons. The van der Waals surface area contributed by atoms with Crippen LogP contribution < -0.4 is 19.1 Å². The van der Waals surface area contributed by atoms with Gasteiger partial charge in [0.15, 0.2) is 0 Å². The van der Waals surface area contributed by atoms with Crippen molar-refractivity contribution >= 4 is 43.3 Å². The first-order chi connectivity index (χ1) is 19.5. The number of carbonyl (C=O) groups is 1. The lowest BCUT2D eigenvalue weighted by Crippen LogP contribution is -2.38. The Kier molecular flexibility index (Phi) is 8.83. The molecule has 4 rings (SSSR count). The van der Waals surface area contributed by atoms with Crippen molar-refractivity contribution < 1.29 is 30.8 Å². The van der Waals surface area contributed by atoms with Gasteiger partial charge in [0.1, 0.15) is 18.1 Å². The molecule has 0 saturated heterocycles. The van der Waals surface area contributed by atoms with E-state index in [4.69, 9.17) is 4.74 Å². The van der Waals surface area contributed by atoms with Gasteiger partial charge in [-0.3, -0.25) is 9.10 Å². The molecule has 0 spiro atoms. The molecule has 0 radical (unpaired) electrons. The second-order valence-electron chi connectivity index (χ2n) is 8.59. The molecule has 3 aromatic carbocycles. The minimum Gasteiger partial charge on any atom is -0.494 e. The van der Waals surface area contributed by atoms with Gasteiger partial charge in [-0.1, -0.05) is 0 Å². The third kappa shape index (κ3) is 7.35. The molecule has 1 amide bonds. The molecule has 0 saturated carbocycles. The number of carbonyl (C=O) groups excluding carboxylic acids is 1. The van der Waals surface area contributed by atoms with Crippen LogP contribution in [0.15, 0.2) is 94.9 Å². The SMILES string of the molecule is CCOc1ccc(S(=O)(=O)N(CC(=O)Nc2ccc(S(=O)(=O)Nc3nccc(C)n3)cc2)c2ccc(F)cc2)cc1. The van der Waals surface area contributed by atoms with E-state index < -0.39 is 38.3 Å². The standard InChI is InChI=1S/C27H26FN5O6S2/c1-3-39-23-10-14-25(15-11-23)41(37,38)33(22-8-4-20(28)5-9-22)18-26(34)31-21-6-12-24(13-7-21)40(35,36)32-27-29-17-16-19(2)30-27/h4-17H,3,18H2,1-2H3,(H,31,34)(H,29,30,32). The summed E-state index contributed by atoms with van der Waals surface area (Å²) < 4.78 is 74.5. The van der Waals surface area contributed by atoms with Gasteiger partial charge in [0.25, 0.3) is 20.0 Å². The summed E-state index contributed by atoms with van der Waals surface area (Å²) in [7, 11) is -8.26. The van der Waals surface area contributed by atoms with Crippen molar-refractivity contribution in [1.82, 2.24) is 9.97 Å². The molecule has 0 bridgehead atoms. The zero-order valence-corrected chi connectivity index (χ0v) is 23.6. The Bertz CT molecular complexity index is 1730. The van der Waals surface area contributed by atoms with Gasteiger partial charge in [0.05, 0.1) is 22.1 Å². The predicted molar refractivity (Wildman–Crippen MR) is 151 cm³/mol. The van der Waals surface area contributed by atoms with Crippen molar-refractivity contribution in [2.45, 2.75) is 23.6 Å². The molecule has 41 heavy (non-hydrogen) atoms. The monoisotopic (exact) mass is 599 g/mol. The summed E-state index contributed by atoms with van der Waals surface area (Å²) in [5.74, 6) is -0.901. The summed E-state index contributed by atoms with van der Waals surface area (Å²) >= 11 is 0. The summed E-state index contributed by atoms with van der Waals surface area (Å²) in [6, 6.07) is 17.2. The molecule has 1 aromatic heterocycles. The molecule has 4 aromatic rings. The molecule has 0 atom stereocenters. The predicted octanol–water partition coefficient (Wildman–Crippen LogP) is 3.96. The molecule has 0 fully saturated rings. The fourth-order valence-electron chi connectivity index (χ4n) is 3.65. The Labute approximate surface area is 237 Å². The van der Waals surface area contributed by atoms with Crippen molar-refractivity contribution in [3.8, 4) is 5.75 Å². The summed E-state index contributed by atoms with van der Waals surface area (Å²) in [5, 5.41) is 2.56. The van der Waals surface area contributed by atoms with Crippen molar-refractivity contribution in [2.24, 2.45) is 0 Å². The number of rotatable bonds is 11. The molecule has 11 nitrogen and oxygen atoms in total. The van der Waals surface area contributed by atoms with E-state index in [1.54, 1.807) is 19.9 Å². The normalized spacial score (nSPS) is 11.5. The minimum atomic E-state index is -4.25. The van der Waals surface area contributed by atoms with E-state index >= 15 is 0 Å². The first-order valence-corrected chi connectivity index (χ1v) is 15.1.